The summed E-state index contributed by atoms with van der Waals surface area (Å²) in [6, 6.07) is 10.7. The smallest absolute Gasteiger partial charge is 0.137 e. The van der Waals surface area contributed by atoms with E-state index in [1.165, 1.54) is 12.1 Å². The van der Waals surface area contributed by atoms with Crippen LogP contribution in [0, 0.1) is 0 Å². The molecule has 2 heterocycles. The summed E-state index contributed by atoms with van der Waals surface area (Å²) in [5.41, 5.74) is 1.34. The monoisotopic (exact) mass is 271 g/mol. The van der Waals surface area contributed by atoms with E-state index in [2.05, 4.69) is 50.2 Å². The average molecular weight is 271 g/mol. The van der Waals surface area contributed by atoms with Gasteiger partial charge in [0.2, 0.25) is 0 Å². The van der Waals surface area contributed by atoms with Gasteiger partial charge < -0.3 is 4.90 Å². The molecule has 0 aliphatic carbocycles. The lowest BCUT2D eigenvalue weighted by atomic mass is 10.3. The Kier molecular flexibility index (Phi) is 4.28. The molecular weight excluding hydrogens is 250 g/mol. The van der Waals surface area contributed by atoms with Gasteiger partial charge in [-0.3, -0.25) is 9.58 Å². The van der Waals surface area contributed by atoms with Crippen molar-refractivity contribution in [2.24, 2.45) is 0 Å². The quantitative estimate of drug-likeness (QED) is 0.844. The normalized spacial score (nSPS) is 17.1. The zero-order chi connectivity index (χ0) is 13.6. The van der Waals surface area contributed by atoms with Crippen LogP contribution >= 0.6 is 0 Å². The summed E-state index contributed by atoms with van der Waals surface area (Å²) in [5.74, 6) is 0. The lowest BCUT2D eigenvalue weighted by molar-refractivity contribution is 0.276. The molecule has 0 spiro atoms. The third kappa shape index (κ3) is 3.36. The van der Waals surface area contributed by atoms with Gasteiger partial charge in [-0.25, -0.2) is 4.98 Å². The summed E-state index contributed by atoms with van der Waals surface area (Å²) in [6.07, 6.45) is 4.60. The van der Waals surface area contributed by atoms with Crippen LogP contribution in [0.2, 0.25) is 0 Å². The predicted octanol–water partition coefficient (Wildman–Crippen LogP) is 1.49. The van der Waals surface area contributed by atoms with Crippen LogP contribution in [0.25, 0.3) is 0 Å². The van der Waals surface area contributed by atoms with E-state index in [0.717, 1.165) is 39.3 Å². The molecule has 0 unspecified atom stereocenters. The Morgan fingerprint density at radius 1 is 0.950 bits per heavy atom. The van der Waals surface area contributed by atoms with Crippen molar-refractivity contribution in [3.05, 3.63) is 43.0 Å². The van der Waals surface area contributed by atoms with Gasteiger partial charge in [0.15, 0.2) is 0 Å². The molecule has 1 aromatic carbocycles. The molecule has 2 aromatic rings. The van der Waals surface area contributed by atoms with Crippen molar-refractivity contribution in [2.45, 2.75) is 13.0 Å². The maximum absolute atomic E-state index is 4.16. The number of hydrogen-bond donors (Lipinski definition) is 0. The van der Waals surface area contributed by atoms with Crippen molar-refractivity contribution in [3.63, 3.8) is 0 Å². The number of anilines is 1. The fraction of sp³-hybridized carbons (Fsp3) is 0.467. The molecular formula is C15H21N5. The van der Waals surface area contributed by atoms with Crippen LogP contribution in [0.1, 0.15) is 6.42 Å². The molecule has 1 aromatic heterocycles. The molecule has 5 nitrogen and oxygen atoms in total. The molecule has 1 saturated heterocycles. The number of benzene rings is 1. The van der Waals surface area contributed by atoms with Crippen LogP contribution in [-0.4, -0.2) is 52.4 Å². The van der Waals surface area contributed by atoms with Gasteiger partial charge in [-0.05, 0) is 25.1 Å². The van der Waals surface area contributed by atoms with Crippen molar-refractivity contribution in [1.82, 2.24) is 19.7 Å². The van der Waals surface area contributed by atoms with E-state index in [4.69, 9.17) is 0 Å². The minimum atomic E-state index is 0.922. The average Bonchev–Trinajstić information content (AvgIpc) is 2.90. The van der Waals surface area contributed by atoms with Crippen LogP contribution in [-0.2, 0) is 6.54 Å². The Morgan fingerprint density at radius 3 is 2.65 bits per heavy atom. The van der Waals surface area contributed by atoms with Gasteiger partial charge in [0.05, 0.1) is 6.54 Å². The number of hydrogen-bond acceptors (Lipinski definition) is 4. The first-order chi connectivity index (χ1) is 9.92. The van der Waals surface area contributed by atoms with Crippen LogP contribution in [0.4, 0.5) is 5.69 Å². The Bertz CT molecular complexity index is 496. The summed E-state index contributed by atoms with van der Waals surface area (Å²) in [4.78, 5) is 8.98. The fourth-order valence-corrected chi connectivity index (χ4v) is 2.68. The third-order valence-corrected chi connectivity index (χ3v) is 3.82. The molecule has 1 aliphatic rings. The lowest BCUT2D eigenvalue weighted by Gasteiger charge is -2.23. The summed E-state index contributed by atoms with van der Waals surface area (Å²) in [5, 5.41) is 4.16. The molecule has 1 fully saturated rings. The number of nitrogens with zero attached hydrogens (tertiary/aromatic N) is 5. The highest BCUT2D eigenvalue weighted by Gasteiger charge is 2.14. The van der Waals surface area contributed by atoms with E-state index in [0.29, 0.717) is 0 Å². The topological polar surface area (TPSA) is 37.2 Å². The van der Waals surface area contributed by atoms with Crippen molar-refractivity contribution < 1.29 is 0 Å². The fourth-order valence-electron chi connectivity index (χ4n) is 2.68. The van der Waals surface area contributed by atoms with Crippen molar-refractivity contribution in [3.8, 4) is 0 Å². The van der Waals surface area contributed by atoms with Crippen LogP contribution in [0.5, 0.6) is 0 Å². The molecule has 1 aliphatic heterocycles. The highest BCUT2D eigenvalue weighted by atomic mass is 15.3. The molecule has 0 atom stereocenters. The number of aromatic nitrogens is 3. The minimum absolute atomic E-state index is 0.922. The van der Waals surface area contributed by atoms with E-state index in [1.807, 2.05) is 4.68 Å². The zero-order valence-electron chi connectivity index (χ0n) is 11.7. The molecule has 3 rings (SSSR count). The van der Waals surface area contributed by atoms with Crippen molar-refractivity contribution >= 4 is 5.69 Å². The second-order valence-corrected chi connectivity index (χ2v) is 5.18. The Hall–Kier alpha value is -1.88. The molecule has 0 bridgehead atoms. The maximum atomic E-state index is 4.16. The van der Waals surface area contributed by atoms with Gasteiger partial charge in [0.1, 0.15) is 12.7 Å². The Labute approximate surface area is 119 Å². The standard InChI is InChI=1S/C15H21N5/c1-2-5-15(6-3-1)19-8-4-7-18(9-11-19)10-12-20-14-16-13-17-20/h1-3,5-6,13-14H,4,7-12H2. The predicted molar refractivity (Wildman–Crippen MR) is 79.7 cm³/mol. The summed E-state index contributed by atoms with van der Waals surface area (Å²) in [7, 11) is 0. The van der Waals surface area contributed by atoms with Gasteiger partial charge in [-0.1, -0.05) is 18.2 Å². The molecule has 0 radical (unpaired) electrons. The summed E-state index contributed by atoms with van der Waals surface area (Å²) < 4.78 is 1.90. The summed E-state index contributed by atoms with van der Waals surface area (Å²) in [6.45, 7) is 6.49. The van der Waals surface area contributed by atoms with Gasteiger partial charge in [-0.15, -0.1) is 0 Å². The number of rotatable bonds is 4. The Balaban J connectivity index is 1.52. The van der Waals surface area contributed by atoms with Gasteiger partial charge >= 0.3 is 0 Å². The molecule has 5 heteroatoms. The van der Waals surface area contributed by atoms with Gasteiger partial charge in [0.25, 0.3) is 0 Å². The van der Waals surface area contributed by atoms with E-state index < -0.39 is 0 Å². The zero-order valence-corrected chi connectivity index (χ0v) is 11.7. The maximum Gasteiger partial charge on any atom is 0.137 e. The van der Waals surface area contributed by atoms with E-state index in [-0.39, 0.29) is 0 Å². The largest absolute Gasteiger partial charge is 0.370 e. The number of para-hydroxylation sites is 1. The molecule has 0 saturated carbocycles. The highest BCUT2D eigenvalue weighted by molar-refractivity contribution is 5.46. The van der Waals surface area contributed by atoms with Crippen molar-refractivity contribution in [2.75, 3.05) is 37.6 Å². The first kappa shape index (κ1) is 13.1. The van der Waals surface area contributed by atoms with Crippen LogP contribution in [0.3, 0.4) is 0 Å². The van der Waals surface area contributed by atoms with Crippen LogP contribution in [0.15, 0.2) is 43.0 Å². The minimum Gasteiger partial charge on any atom is -0.370 e. The second kappa shape index (κ2) is 6.52. The SMILES string of the molecule is c1ccc(N2CCCN(CCn3cncn3)CC2)cc1. The molecule has 0 N–H and O–H groups in total. The third-order valence-electron chi connectivity index (χ3n) is 3.82. The first-order valence-electron chi connectivity index (χ1n) is 7.26. The van der Waals surface area contributed by atoms with Crippen LogP contribution < -0.4 is 4.90 Å². The molecule has 20 heavy (non-hydrogen) atoms. The lowest BCUT2D eigenvalue weighted by Crippen LogP contribution is -2.32. The second-order valence-electron chi connectivity index (χ2n) is 5.18. The Morgan fingerprint density at radius 2 is 1.85 bits per heavy atom. The van der Waals surface area contributed by atoms with E-state index in [1.54, 1.807) is 12.7 Å². The van der Waals surface area contributed by atoms with Gasteiger partial charge in [-0.2, -0.15) is 5.10 Å². The van der Waals surface area contributed by atoms with Crippen molar-refractivity contribution in [1.29, 1.82) is 0 Å². The van der Waals surface area contributed by atoms with Gasteiger partial charge in [0, 0.05) is 31.9 Å². The highest BCUT2D eigenvalue weighted by Crippen LogP contribution is 2.15. The van der Waals surface area contributed by atoms with E-state index >= 15 is 0 Å². The van der Waals surface area contributed by atoms with E-state index in [9.17, 15) is 0 Å². The molecule has 0 amide bonds. The molecule has 106 valence electrons. The summed E-state index contributed by atoms with van der Waals surface area (Å²) >= 11 is 0. The first-order valence-corrected chi connectivity index (χ1v) is 7.26.